The predicted octanol–water partition coefficient (Wildman–Crippen LogP) is 2.34. The quantitative estimate of drug-likeness (QED) is 0.782. The van der Waals surface area contributed by atoms with Crippen molar-refractivity contribution < 1.29 is 0 Å². The van der Waals surface area contributed by atoms with Crippen molar-refractivity contribution in [3.05, 3.63) is 17.2 Å². The molecule has 0 aliphatic rings. The van der Waals surface area contributed by atoms with Crippen LogP contribution in [-0.2, 0) is 12.8 Å². The van der Waals surface area contributed by atoms with Gasteiger partial charge in [0, 0.05) is 17.7 Å². The number of imidazole rings is 1. The third kappa shape index (κ3) is 4.04. The maximum Gasteiger partial charge on any atom is 0.106 e. The van der Waals surface area contributed by atoms with Crippen LogP contribution in [0.25, 0.3) is 0 Å². The summed E-state index contributed by atoms with van der Waals surface area (Å²) < 4.78 is 0. The second-order valence-electron chi connectivity index (χ2n) is 4.99. The average molecular weight is 209 g/mol. The molecule has 86 valence electrons. The normalized spacial score (nSPS) is 12.1. The van der Waals surface area contributed by atoms with Crippen LogP contribution < -0.4 is 5.73 Å². The summed E-state index contributed by atoms with van der Waals surface area (Å²) in [6, 6.07) is 0. The van der Waals surface area contributed by atoms with E-state index < -0.39 is 0 Å². The lowest BCUT2D eigenvalue weighted by Gasteiger charge is -2.16. The van der Waals surface area contributed by atoms with Crippen LogP contribution in [0.3, 0.4) is 0 Å². The van der Waals surface area contributed by atoms with E-state index in [0.29, 0.717) is 0 Å². The highest BCUT2D eigenvalue weighted by molar-refractivity contribution is 5.13. The largest absolute Gasteiger partial charge is 0.346 e. The van der Waals surface area contributed by atoms with Crippen molar-refractivity contribution in [3.8, 4) is 0 Å². The average Bonchev–Trinajstić information content (AvgIpc) is 2.44. The van der Waals surface area contributed by atoms with Gasteiger partial charge in [0.2, 0.25) is 0 Å². The maximum absolute atomic E-state index is 5.95. The zero-order valence-corrected chi connectivity index (χ0v) is 10.4. The van der Waals surface area contributed by atoms with Gasteiger partial charge in [-0.25, -0.2) is 4.98 Å². The number of nitrogens with two attached hydrogens (primary N) is 1. The molecule has 0 saturated heterocycles. The first-order chi connectivity index (χ1) is 6.92. The number of aromatic nitrogens is 2. The van der Waals surface area contributed by atoms with Gasteiger partial charge in [-0.1, -0.05) is 13.3 Å². The van der Waals surface area contributed by atoms with E-state index in [0.717, 1.165) is 31.5 Å². The second-order valence-corrected chi connectivity index (χ2v) is 4.99. The van der Waals surface area contributed by atoms with Crippen LogP contribution in [-0.4, -0.2) is 15.5 Å². The highest BCUT2D eigenvalue weighted by Gasteiger charge is 2.12. The monoisotopic (exact) mass is 209 g/mol. The number of aryl methyl sites for hydroxylation is 3. The van der Waals surface area contributed by atoms with Crippen LogP contribution in [0.15, 0.2) is 0 Å². The fourth-order valence-electron chi connectivity index (χ4n) is 1.60. The van der Waals surface area contributed by atoms with Crippen molar-refractivity contribution in [1.82, 2.24) is 9.97 Å². The Kier molecular flexibility index (Phi) is 3.91. The molecule has 1 rings (SSSR count). The lowest BCUT2D eigenvalue weighted by Crippen LogP contribution is -2.32. The molecule has 0 spiro atoms. The zero-order valence-electron chi connectivity index (χ0n) is 10.4. The summed E-state index contributed by atoms with van der Waals surface area (Å²) in [7, 11) is 0. The highest BCUT2D eigenvalue weighted by atomic mass is 14.9. The van der Waals surface area contributed by atoms with Crippen molar-refractivity contribution in [1.29, 1.82) is 0 Å². The Bertz CT molecular complexity index is 307. The Morgan fingerprint density at radius 2 is 2.00 bits per heavy atom. The molecule has 1 heterocycles. The van der Waals surface area contributed by atoms with Gasteiger partial charge in [0.1, 0.15) is 5.82 Å². The number of aromatic amines is 1. The number of nitrogens with one attached hydrogen (secondary N) is 1. The van der Waals surface area contributed by atoms with Gasteiger partial charge in [0.15, 0.2) is 0 Å². The molecule has 0 amide bonds. The van der Waals surface area contributed by atoms with Gasteiger partial charge in [-0.2, -0.15) is 0 Å². The van der Waals surface area contributed by atoms with Gasteiger partial charge < -0.3 is 10.7 Å². The zero-order chi connectivity index (χ0) is 11.5. The van der Waals surface area contributed by atoms with E-state index in [4.69, 9.17) is 5.73 Å². The van der Waals surface area contributed by atoms with Crippen molar-refractivity contribution in [2.24, 2.45) is 5.73 Å². The Balaban J connectivity index is 2.59. The van der Waals surface area contributed by atoms with E-state index in [-0.39, 0.29) is 5.54 Å². The first-order valence-corrected chi connectivity index (χ1v) is 5.75. The fraction of sp³-hybridized carbons (Fsp3) is 0.750. The number of hydrogen-bond acceptors (Lipinski definition) is 2. The summed E-state index contributed by atoms with van der Waals surface area (Å²) in [6.45, 7) is 8.37. The molecule has 3 nitrogen and oxygen atoms in total. The second kappa shape index (κ2) is 4.79. The molecule has 3 heteroatoms. The Morgan fingerprint density at radius 3 is 2.53 bits per heavy atom. The van der Waals surface area contributed by atoms with E-state index in [1.54, 1.807) is 0 Å². The molecule has 1 aromatic heterocycles. The van der Waals surface area contributed by atoms with Crippen molar-refractivity contribution in [2.75, 3.05) is 0 Å². The van der Waals surface area contributed by atoms with Gasteiger partial charge in [-0.3, -0.25) is 0 Å². The lowest BCUT2D eigenvalue weighted by molar-refractivity contribution is 0.471. The summed E-state index contributed by atoms with van der Waals surface area (Å²) in [4.78, 5) is 7.93. The third-order valence-electron chi connectivity index (χ3n) is 2.53. The molecule has 0 aliphatic heterocycles. The van der Waals surface area contributed by atoms with E-state index in [1.807, 2.05) is 0 Å². The Morgan fingerprint density at radius 1 is 1.33 bits per heavy atom. The third-order valence-corrected chi connectivity index (χ3v) is 2.53. The maximum atomic E-state index is 5.95. The van der Waals surface area contributed by atoms with E-state index in [1.165, 1.54) is 11.4 Å². The standard InChI is InChI=1S/C12H23N3/c1-5-6-10-9(2)14-11(15-10)7-8-12(3,4)13/h5-8,13H2,1-4H3,(H,14,15). The molecule has 0 aromatic carbocycles. The molecular weight excluding hydrogens is 186 g/mol. The molecule has 0 aliphatic carbocycles. The molecule has 0 bridgehead atoms. The van der Waals surface area contributed by atoms with E-state index >= 15 is 0 Å². The first-order valence-electron chi connectivity index (χ1n) is 5.75. The van der Waals surface area contributed by atoms with Crippen LogP contribution in [0.2, 0.25) is 0 Å². The Hall–Kier alpha value is -0.830. The summed E-state index contributed by atoms with van der Waals surface area (Å²) in [5.74, 6) is 1.08. The van der Waals surface area contributed by atoms with Crippen LogP contribution >= 0.6 is 0 Å². The summed E-state index contributed by atoms with van der Waals surface area (Å²) >= 11 is 0. The predicted molar refractivity (Wildman–Crippen MR) is 63.9 cm³/mol. The van der Waals surface area contributed by atoms with Gasteiger partial charge in [0.05, 0.1) is 5.69 Å². The summed E-state index contributed by atoms with van der Waals surface area (Å²) in [5, 5.41) is 0. The van der Waals surface area contributed by atoms with Gasteiger partial charge in [0.25, 0.3) is 0 Å². The number of rotatable bonds is 5. The number of hydrogen-bond donors (Lipinski definition) is 2. The summed E-state index contributed by atoms with van der Waals surface area (Å²) in [6.07, 6.45) is 4.11. The van der Waals surface area contributed by atoms with Gasteiger partial charge in [-0.15, -0.1) is 0 Å². The Labute approximate surface area is 92.5 Å². The topological polar surface area (TPSA) is 54.7 Å². The van der Waals surface area contributed by atoms with Crippen molar-refractivity contribution >= 4 is 0 Å². The highest BCUT2D eigenvalue weighted by Crippen LogP contribution is 2.12. The molecule has 0 saturated carbocycles. The molecule has 0 fully saturated rings. The van der Waals surface area contributed by atoms with Crippen LogP contribution in [0.4, 0.5) is 0 Å². The lowest BCUT2D eigenvalue weighted by atomic mass is 10.0. The summed E-state index contributed by atoms with van der Waals surface area (Å²) in [5.41, 5.74) is 8.26. The molecule has 1 aromatic rings. The minimum Gasteiger partial charge on any atom is -0.346 e. The molecule has 0 radical (unpaired) electrons. The van der Waals surface area contributed by atoms with Crippen LogP contribution in [0.5, 0.6) is 0 Å². The van der Waals surface area contributed by atoms with Gasteiger partial charge >= 0.3 is 0 Å². The SMILES string of the molecule is CCCc1nc(CCC(C)(C)N)[nH]c1C. The minimum atomic E-state index is -0.106. The van der Waals surface area contributed by atoms with E-state index in [2.05, 4.69) is 37.7 Å². The molecular formula is C12H23N3. The number of nitrogens with zero attached hydrogens (tertiary/aromatic N) is 1. The molecule has 0 atom stereocenters. The van der Waals surface area contributed by atoms with Crippen LogP contribution in [0, 0.1) is 6.92 Å². The molecule has 3 N–H and O–H groups in total. The molecule has 15 heavy (non-hydrogen) atoms. The van der Waals surface area contributed by atoms with Crippen LogP contribution in [0.1, 0.15) is 50.8 Å². The smallest absolute Gasteiger partial charge is 0.106 e. The van der Waals surface area contributed by atoms with E-state index in [9.17, 15) is 0 Å². The minimum absolute atomic E-state index is 0.106. The van der Waals surface area contributed by atoms with Crippen molar-refractivity contribution in [3.63, 3.8) is 0 Å². The fourth-order valence-corrected chi connectivity index (χ4v) is 1.60. The first kappa shape index (κ1) is 12.2. The van der Waals surface area contributed by atoms with Gasteiger partial charge in [-0.05, 0) is 33.6 Å². The van der Waals surface area contributed by atoms with Crippen molar-refractivity contribution in [2.45, 2.75) is 58.9 Å². The molecule has 0 unspecified atom stereocenters. The number of H-pyrrole nitrogens is 1.